The second-order valence-corrected chi connectivity index (χ2v) is 5.88. The summed E-state index contributed by atoms with van der Waals surface area (Å²) in [5.74, 6) is 0.259. The Balaban J connectivity index is 0.00000441. The summed E-state index contributed by atoms with van der Waals surface area (Å²) in [6.45, 7) is 3.25. The van der Waals surface area contributed by atoms with E-state index in [9.17, 15) is 9.90 Å². The van der Waals surface area contributed by atoms with Gasteiger partial charge in [-0.1, -0.05) is 11.6 Å². The van der Waals surface area contributed by atoms with Gasteiger partial charge in [0.2, 0.25) is 0 Å². The minimum absolute atomic E-state index is 0. The van der Waals surface area contributed by atoms with Crippen LogP contribution in [0, 0.1) is 0 Å². The smallest absolute Gasteiger partial charge is 0.307 e. The third-order valence-electron chi connectivity index (χ3n) is 2.54. The van der Waals surface area contributed by atoms with Crippen LogP contribution in [-0.2, 0) is 9.53 Å². The lowest BCUT2D eigenvalue weighted by Gasteiger charge is -2.12. The van der Waals surface area contributed by atoms with E-state index in [4.69, 9.17) is 11.6 Å². The first-order valence-corrected chi connectivity index (χ1v) is 7.78. The van der Waals surface area contributed by atoms with Gasteiger partial charge in [-0.05, 0) is 19.1 Å². The molecule has 1 aromatic heterocycles. The van der Waals surface area contributed by atoms with Crippen LogP contribution in [0.4, 0.5) is 0 Å². The second-order valence-electron chi connectivity index (χ2n) is 4.13. The lowest BCUT2D eigenvalue weighted by Crippen LogP contribution is -2.38. The van der Waals surface area contributed by atoms with E-state index in [-0.39, 0.29) is 42.9 Å². The number of thiophene rings is 1. The largest absolute Gasteiger partial charge is 0.469 e. The molecule has 1 aromatic rings. The lowest BCUT2D eigenvalue weighted by molar-refractivity contribution is -0.140. The highest BCUT2D eigenvalue weighted by Gasteiger charge is 2.10. The molecule has 0 bridgehead atoms. The molecule has 1 unspecified atom stereocenters. The van der Waals surface area contributed by atoms with Gasteiger partial charge in [0.25, 0.3) is 0 Å². The van der Waals surface area contributed by atoms with Crippen LogP contribution >= 0.6 is 46.9 Å². The fourth-order valence-electron chi connectivity index (χ4n) is 1.50. The molecule has 22 heavy (non-hydrogen) atoms. The Bertz CT molecular complexity index is 485. The number of carbonyl (C=O) groups is 1. The first kappa shape index (κ1) is 21.4. The number of halogens is 2. The van der Waals surface area contributed by atoms with Crippen molar-refractivity contribution in [3.8, 4) is 0 Å². The van der Waals surface area contributed by atoms with Gasteiger partial charge in [0.05, 0.1) is 24.4 Å². The molecule has 0 saturated carbocycles. The van der Waals surface area contributed by atoms with Crippen molar-refractivity contribution in [2.45, 2.75) is 19.4 Å². The third-order valence-corrected chi connectivity index (χ3v) is 3.87. The van der Waals surface area contributed by atoms with Crippen LogP contribution < -0.4 is 10.6 Å². The fraction of sp³-hybridized carbons (Fsp3) is 0.538. The highest BCUT2D eigenvalue weighted by molar-refractivity contribution is 14.0. The number of rotatable bonds is 7. The predicted molar refractivity (Wildman–Crippen MR) is 100 cm³/mol. The summed E-state index contributed by atoms with van der Waals surface area (Å²) >= 11 is 7.16. The summed E-state index contributed by atoms with van der Waals surface area (Å²) in [7, 11) is 1.35. The summed E-state index contributed by atoms with van der Waals surface area (Å²) in [5, 5.41) is 16.1. The van der Waals surface area contributed by atoms with Gasteiger partial charge in [0.1, 0.15) is 6.10 Å². The molecule has 1 heterocycles. The Morgan fingerprint density at radius 3 is 2.77 bits per heavy atom. The first-order chi connectivity index (χ1) is 10.1. The zero-order chi connectivity index (χ0) is 15.7. The molecule has 1 atom stereocenters. The SMILES string of the molecule is CCNC(=NCC(O)c1ccc(Cl)s1)NCCC(=O)OC.I. The Labute approximate surface area is 156 Å². The van der Waals surface area contributed by atoms with Crippen molar-refractivity contribution in [1.82, 2.24) is 10.6 Å². The number of guanidine groups is 1. The minimum atomic E-state index is -0.696. The molecule has 126 valence electrons. The summed E-state index contributed by atoms with van der Waals surface area (Å²) in [6, 6.07) is 3.53. The zero-order valence-corrected chi connectivity index (χ0v) is 16.4. The average molecular weight is 462 g/mol. The van der Waals surface area contributed by atoms with Gasteiger partial charge in [0.15, 0.2) is 5.96 Å². The van der Waals surface area contributed by atoms with E-state index < -0.39 is 6.10 Å². The van der Waals surface area contributed by atoms with Crippen LogP contribution in [-0.4, -0.2) is 43.8 Å². The van der Waals surface area contributed by atoms with Crippen LogP contribution in [0.5, 0.6) is 0 Å². The van der Waals surface area contributed by atoms with Crippen molar-refractivity contribution >= 4 is 58.8 Å². The maximum atomic E-state index is 11.0. The van der Waals surface area contributed by atoms with Crippen LogP contribution in [0.2, 0.25) is 4.34 Å². The van der Waals surface area contributed by atoms with Gasteiger partial charge in [0, 0.05) is 18.0 Å². The molecule has 9 heteroatoms. The maximum Gasteiger partial charge on any atom is 0.307 e. The first-order valence-electron chi connectivity index (χ1n) is 6.59. The molecular weight excluding hydrogens is 441 g/mol. The standard InChI is InChI=1S/C13H20ClN3O3S.HI/c1-3-15-13(16-7-6-12(19)20-2)17-8-9(18)10-4-5-11(14)21-10;/h4-5,9,18H,3,6-8H2,1-2H3,(H2,15,16,17);1H. The number of carbonyl (C=O) groups excluding carboxylic acids is 1. The average Bonchev–Trinajstić information content (AvgIpc) is 2.90. The molecule has 6 nitrogen and oxygen atoms in total. The summed E-state index contributed by atoms with van der Waals surface area (Å²) < 4.78 is 5.20. The monoisotopic (exact) mass is 461 g/mol. The Morgan fingerprint density at radius 1 is 1.50 bits per heavy atom. The number of ether oxygens (including phenoxy) is 1. The van der Waals surface area contributed by atoms with Crippen molar-refractivity contribution < 1.29 is 14.6 Å². The predicted octanol–water partition coefficient (Wildman–Crippen LogP) is 2.17. The van der Waals surface area contributed by atoms with E-state index in [2.05, 4.69) is 20.4 Å². The number of hydrogen-bond donors (Lipinski definition) is 3. The van der Waals surface area contributed by atoms with Crippen LogP contribution in [0.1, 0.15) is 24.3 Å². The minimum Gasteiger partial charge on any atom is -0.469 e. The van der Waals surface area contributed by atoms with Gasteiger partial charge in [-0.25, -0.2) is 0 Å². The molecule has 0 aromatic carbocycles. The fourth-order valence-corrected chi connectivity index (χ4v) is 2.54. The van der Waals surface area contributed by atoms with E-state index in [1.165, 1.54) is 18.4 Å². The molecule has 3 N–H and O–H groups in total. The van der Waals surface area contributed by atoms with E-state index in [1.54, 1.807) is 12.1 Å². The lowest BCUT2D eigenvalue weighted by atomic mass is 10.3. The number of nitrogens with one attached hydrogen (secondary N) is 2. The van der Waals surface area contributed by atoms with Crippen molar-refractivity contribution in [1.29, 1.82) is 0 Å². The molecule has 0 aliphatic rings. The van der Waals surface area contributed by atoms with Crippen LogP contribution in [0.3, 0.4) is 0 Å². The van der Waals surface area contributed by atoms with E-state index in [0.29, 0.717) is 23.4 Å². The number of hydrogen-bond acceptors (Lipinski definition) is 5. The Morgan fingerprint density at radius 2 is 2.23 bits per heavy atom. The highest BCUT2D eigenvalue weighted by Crippen LogP contribution is 2.26. The highest BCUT2D eigenvalue weighted by atomic mass is 127. The van der Waals surface area contributed by atoms with Crippen molar-refractivity contribution in [2.24, 2.45) is 4.99 Å². The summed E-state index contributed by atoms with van der Waals surface area (Å²) in [6.07, 6.45) is -0.442. The molecule has 0 aliphatic carbocycles. The Hall–Kier alpha value is -0.580. The van der Waals surface area contributed by atoms with Crippen molar-refractivity contribution in [3.05, 3.63) is 21.3 Å². The Kier molecular flexibility index (Phi) is 11.6. The normalized spacial score (nSPS) is 12.3. The van der Waals surface area contributed by atoms with E-state index in [0.717, 1.165) is 4.88 Å². The van der Waals surface area contributed by atoms with Gasteiger partial charge >= 0.3 is 5.97 Å². The molecule has 0 amide bonds. The molecule has 0 fully saturated rings. The molecule has 1 rings (SSSR count). The summed E-state index contributed by atoms with van der Waals surface area (Å²) in [4.78, 5) is 16.1. The quantitative estimate of drug-likeness (QED) is 0.251. The topological polar surface area (TPSA) is 83.0 Å². The number of nitrogens with zero attached hydrogens (tertiary/aromatic N) is 1. The van der Waals surface area contributed by atoms with E-state index >= 15 is 0 Å². The van der Waals surface area contributed by atoms with Crippen molar-refractivity contribution in [3.63, 3.8) is 0 Å². The van der Waals surface area contributed by atoms with E-state index in [1.807, 2.05) is 6.92 Å². The maximum absolute atomic E-state index is 11.0. The summed E-state index contributed by atoms with van der Waals surface area (Å²) in [5.41, 5.74) is 0. The molecule has 0 aliphatic heterocycles. The zero-order valence-electron chi connectivity index (χ0n) is 12.5. The third kappa shape index (κ3) is 8.16. The van der Waals surface area contributed by atoms with Crippen LogP contribution in [0.25, 0.3) is 0 Å². The van der Waals surface area contributed by atoms with Gasteiger partial charge in [-0.15, -0.1) is 35.3 Å². The van der Waals surface area contributed by atoms with Gasteiger partial charge in [-0.2, -0.15) is 0 Å². The molecule has 0 saturated heterocycles. The molecule has 0 radical (unpaired) electrons. The number of methoxy groups -OCH3 is 1. The number of esters is 1. The number of aliphatic hydroxyl groups is 1. The van der Waals surface area contributed by atoms with Gasteiger partial charge in [-0.3, -0.25) is 9.79 Å². The van der Waals surface area contributed by atoms with Crippen molar-refractivity contribution in [2.75, 3.05) is 26.7 Å². The van der Waals surface area contributed by atoms with Gasteiger partial charge < -0.3 is 20.5 Å². The van der Waals surface area contributed by atoms with Crippen LogP contribution in [0.15, 0.2) is 17.1 Å². The molecule has 0 spiro atoms. The second kappa shape index (κ2) is 11.9. The number of aliphatic imine (C=N–C) groups is 1. The molecular formula is C13H21ClIN3O3S. The number of aliphatic hydroxyl groups excluding tert-OH is 1.